The van der Waals surface area contributed by atoms with Gasteiger partial charge >= 0.3 is 5.97 Å². The predicted molar refractivity (Wildman–Crippen MR) is 99.8 cm³/mol. The predicted octanol–water partition coefficient (Wildman–Crippen LogP) is 3.71. The molecule has 1 amide bonds. The van der Waals surface area contributed by atoms with Gasteiger partial charge in [-0.2, -0.15) is 0 Å². The Kier molecular flexibility index (Phi) is 6.96. The van der Waals surface area contributed by atoms with Gasteiger partial charge < -0.3 is 14.7 Å². The number of carbonyl (C=O) groups excluding carboxylic acids is 1. The van der Waals surface area contributed by atoms with Gasteiger partial charge in [-0.1, -0.05) is 26.2 Å². The van der Waals surface area contributed by atoms with Gasteiger partial charge in [-0.25, -0.2) is 0 Å². The normalized spacial score (nSPS) is 33.3. The minimum Gasteiger partial charge on any atom is -0.481 e. The number of aliphatic carboxylic acids is 1. The van der Waals surface area contributed by atoms with Gasteiger partial charge in [0.05, 0.1) is 12.0 Å². The van der Waals surface area contributed by atoms with Crippen molar-refractivity contribution in [3.05, 3.63) is 0 Å². The van der Waals surface area contributed by atoms with Crippen LogP contribution >= 0.6 is 0 Å². The first-order valence-corrected chi connectivity index (χ1v) is 10.7. The standard InChI is InChI=1S/C21H35NO4/c1-2-3-4-15-5-7-17(8-6-15)20(23)22-12-9-16(10-13-22)19-18(21(24)25)11-14-26-19/h15-19H,2-14H2,1H3,(H,24,25)/t15?,17?,18?,19-/m0/s1. The van der Waals surface area contributed by atoms with Crippen LogP contribution in [0.25, 0.3) is 0 Å². The molecule has 2 aliphatic heterocycles. The lowest BCUT2D eigenvalue weighted by atomic mass is 9.78. The molecule has 26 heavy (non-hydrogen) atoms. The van der Waals surface area contributed by atoms with Crippen LogP contribution in [0.5, 0.6) is 0 Å². The van der Waals surface area contributed by atoms with E-state index >= 15 is 0 Å². The highest BCUT2D eigenvalue weighted by Gasteiger charge is 2.41. The van der Waals surface area contributed by atoms with Crippen LogP contribution in [0, 0.1) is 23.7 Å². The molecule has 0 radical (unpaired) electrons. The fraction of sp³-hybridized carbons (Fsp3) is 0.905. The quantitative estimate of drug-likeness (QED) is 0.779. The van der Waals surface area contributed by atoms with Crippen molar-refractivity contribution in [3.8, 4) is 0 Å². The molecular formula is C21H35NO4. The van der Waals surface area contributed by atoms with E-state index in [9.17, 15) is 14.7 Å². The third-order valence-corrected chi connectivity index (χ3v) is 6.93. The molecule has 3 fully saturated rings. The third-order valence-electron chi connectivity index (χ3n) is 6.93. The number of ether oxygens (including phenoxy) is 1. The van der Waals surface area contributed by atoms with E-state index in [-0.39, 0.29) is 23.9 Å². The first-order valence-electron chi connectivity index (χ1n) is 10.7. The van der Waals surface area contributed by atoms with Crippen LogP contribution < -0.4 is 0 Å². The molecule has 5 heteroatoms. The summed E-state index contributed by atoms with van der Waals surface area (Å²) in [5.41, 5.74) is 0. The lowest BCUT2D eigenvalue weighted by Gasteiger charge is -2.38. The summed E-state index contributed by atoms with van der Waals surface area (Å²) in [7, 11) is 0. The lowest BCUT2D eigenvalue weighted by molar-refractivity contribution is -0.146. The van der Waals surface area contributed by atoms with Gasteiger partial charge in [0.15, 0.2) is 0 Å². The molecule has 0 aromatic carbocycles. The molecule has 2 atom stereocenters. The Bertz CT molecular complexity index is 478. The van der Waals surface area contributed by atoms with Crippen LogP contribution in [-0.4, -0.2) is 47.7 Å². The highest BCUT2D eigenvalue weighted by molar-refractivity contribution is 5.79. The largest absolute Gasteiger partial charge is 0.481 e. The second-order valence-corrected chi connectivity index (χ2v) is 8.59. The Hall–Kier alpha value is -1.10. The fourth-order valence-electron chi connectivity index (χ4n) is 5.24. The summed E-state index contributed by atoms with van der Waals surface area (Å²) in [6, 6.07) is 0. The monoisotopic (exact) mass is 365 g/mol. The average molecular weight is 366 g/mol. The summed E-state index contributed by atoms with van der Waals surface area (Å²) in [4.78, 5) is 26.3. The van der Waals surface area contributed by atoms with Gasteiger partial charge in [-0.15, -0.1) is 0 Å². The molecule has 1 aliphatic carbocycles. The number of carboxylic acid groups (broad SMARTS) is 1. The van der Waals surface area contributed by atoms with Crippen LogP contribution in [0.15, 0.2) is 0 Å². The van der Waals surface area contributed by atoms with Crippen molar-refractivity contribution in [2.24, 2.45) is 23.7 Å². The van der Waals surface area contributed by atoms with E-state index in [1.807, 2.05) is 4.90 Å². The Labute approximate surface area is 157 Å². The number of carbonyl (C=O) groups is 2. The maximum atomic E-state index is 12.9. The maximum Gasteiger partial charge on any atom is 0.309 e. The van der Waals surface area contributed by atoms with Gasteiger partial charge in [0, 0.05) is 25.6 Å². The zero-order valence-electron chi connectivity index (χ0n) is 16.2. The van der Waals surface area contributed by atoms with E-state index in [1.165, 1.54) is 32.1 Å². The molecule has 5 nitrogen and oxygen atoms in total. The minimum atomic E-state index is -0.731. The van der Waals surface area contributed by atoms with Crippen molar-refractivity contribution < 1.29 is 19.4 Å². The van der Waals surface area contributed by atoms with Crippen molar-refractivity contribution in [2.75, 3.05) is 19.7 Å². The summed E-state index contributed by atoms with van der Waals surface area (Å²) in [5.74, 6) is 0.592. The number of piperidine rings is 1. The smallest absolute Gasteiger partial charge is 0.309 e. The Morgan fingerprint density at radius 1 is 1.04 bits per heavy atom. The first kappa shape index (κ1) is 19.7. The number of rotatable bonds is 6. The SMILES string of the molecule is CCCCC1CCC(C(=O)N2CCC([C@@H]3OCCC3C(=O)O)CC2)CC1. The van der Waals surface area contributed by atoms with Crippen molar-refractivity contribution >= 4 is 11.9 Å². The molecule has 0 spiro atoms. The lowest BCUT2D eigenvalue weighted by Crippen LogP contribution is -2.45. The van der Waals surface area contributed by atoms with E-state index < -0.39 is 5.97 Å². The summed E-state index contributed by atoms with van der Waals surface area (Å²) < 4.78 is 5.74. The van der Waals surface area contributed by atoms with Crippen LogP contribution in [0.3, 0.4) is 0 Å². The molecule has 0 aromatic rings. The van der Waals surface area contributed by atoms with Crippen LogP contribution in [0.4, 0.5) is 0 Å². The Morgan fingerprint density at radius 3 is 2.35 bits per heavy atom. The zero-order valence-corrected chi connectivity index (χ0v) is 16.2. The van der Waals surface area contributed by atoms with Gasteiger partial charge in [0.25, 0.3) is 0 Å². The Morgan fingerprint density at radius 2 is 1.73 bits per heavy atom. The first-order chi connectivity index (χ1) is 12.6. The molecule has 1 unspecified atom stereocenters. The van der Waals surface area contributed by atoms with Gasteiger partial charge in [0.1, 0.15) is 0 Å². The number of hydrogen-bond donors (Lipinski definition) is 1. The van der Waals surface area contributed by atoms with Crippen LogP contribution in [0.2, 0.25) is 0 Å². The van der Waals surface area contributed by atoms with Crippen molar-refractivity contribution in [2.45, 2.75) is 77.2 Å². The average Bonchev–Trinajstić information content (AvgIpc) is 3.16. The summed E-state index contributed by atoms with van der Waals surface area (Å²) in [6.45, 7) is 4.34. The highest BCUT2D eigenvalue weighted by atomic mass is 16.5. The molecular weight excluding hydrogens is 330 g/mol. The summed E-state index contributed by atoms with van der Waals surface area (Å²) in [6.07, 6.45) is 10.7. The third kappa shape index (κ3) is 4.59. The number of unbranched alkanes of at least 4 members (excludes halogenated alkanes) is 1. The highest BCUT2D eigenvalue weighted by Crippen LogP contribution is 2.36. The summed E-state index contributed by atoms with van der Waals surface area (Å²) in [5, 5.41) is 9.36. The number of likely N-dealkylation sites (tertiary alicyclic amines) is 1. The molecule has 0 bridgehead atoms. The number of amides is 1. The second kappa shape index (κ2) is 9.20. The van der Waals surface area contributed by atoms with E-state index in [1.54, 1.807) is 0 Å². The van der Waals surface area contributed by atoms with E-state index in [0.717, 1.165) is 44.7 Å². The molecule has 2 heterocycles. The molecule has 0 aromatic heterocycles. The van der Waals surface area contributed by atoms with Gasteiger partial charge in [0.2, 0.25) is 5.91 Å². The van der Waals surface area contributed by atoms with Crippen molar-refractivity contribution in [1.82, 2.24) is 4.90 Å². The molecule has 1 N–H and O–H groups in total. The molecule has 148 valence electrons. The van der Waals surface area contributed by atoms with E-state index in [2.05, 4.69) is 6.92 Å². The fourth-order valence-corrected chi connectivity index (χ4v) is 5.24. The number of carboxylic acids is 1. The van der Waals surface area contributed by atoms with Gasteiger partial charge in [-0.05, 0) is 56.8 Å². The number of hydrogen-bond acceptors (Lipinski definition) is 3. The topological polar surface area (TPSA) is 66.8 Å². The minimum absolute atomic E-state index is 0.154. The van der Waals surface area contributed by atoms with Crippen LogP contribution in [0.1, 0.15) is 71.1 Å². The number of nitrogens with zero attached hydrogens (tertiary/aromatic N) is 1. The molecule has 3 rings (SSSR count). The van der Waals surface area contributed by atoms with Crippen molar-refractivity contribution in [1.29, 1.82) is 0 Å². The van der Waals surface area contributed by atoms with E-state index in [4.69, 9.17) is 4.74 Å². The maximum absolute atomic E-state index is 12.9. The van der Waals surface area contributed by atoms with Gasteiger partial charge in [-0.3, -0.25) is 9.59 Å². The molecule has 2 saturated heterocycles. The van der Waals surface area contributed by atoms with E-state index in [0.29, 0.717) is 18.9 Å². The second-order valence-electron chi connectivity index (χ2n) is 8.59. The zero-order chi connectivity index (χ0) is 18.5. The Balaban J connectivity index is 1.43. The molecule has 1 saturated carbocycles. The summed E-state index contributed by atoms with van der Waals surface area (Å²) >= 11 is 0. The van der Waals surface area contributed by atoms with Crippen LogP contribution in [-0.2, 0) is 14.3 Å². The van der Waals surface area contributed by atoms with Crippen molar-refractivity contribution in [3.63, 3.8) is 0 Å². The molecule has 3 aliphatic rings.